The van der Waals surface area contributed by atoms with Gasteiger partial charge in [0.1, 0.15) is 23.4 Å². The summed E-state index contributed by atoms with van der Waals surface area (Å²) in [6.45, 7) is 7.59. The zero-order valence-electron chi connectivity index (χ0n) is 25.3. The van der Waals surface area contributed by atoms with Gasteiger partial charge in [0.15, 0.2) is 9.84 Å². The number of hydrogen-bond donors (Lipinski definition) is 1. The third kappa shape index (κ3) is 7.36. The molecular weight excluding hydrogens is 586 g/mol. The molecule has 3 heterocycles. The monoisotopic (exact) mass is 622 g/mol. The summed E-state index contributed by atoms with van der Waals surface area (Å²) < 4.78 is 55.6. The van der Waals surface area contributed by atoms with E-state index in [4.69, 9.17) is 0 Å². The Labute approximate surface area is 256 Å². The fourth-order valence-electron chi connectivity index (χ4n) is 5.08. The summed E-state index contributed by atoms with van der Waals surface area (Å²) >= 11 is 0. The van der Waals surface area contributed by atoms with Gasteiger partial charge in [-0.25, -0.2) is 31.8 Å². The lowest BCUT2D eigenvalue weighted by atomic mass is 9.88. The van der Waals surface area contributed by atoms with Crippen molar-refractivity contribution in [2.75, 3.05) is 20.0 Å². The number of sulfone groups is 1. The highest BCUT2D eigenvalue weighted by Crippen LogP contribution is 2.36. The summed E-state index contributed by atoms with van der Waals surface area (Å²) in [6.07, 6.45) is 18.9. The van der Waals surface area contributed by atoms with Crippen molar-refractivity contribution >= 4 is 21.4 Å². The molecule has 0 spiro atoms. The van der Waals surface area contributed by atoms with Crippen LogP contribution in [0.4, 0.5) is 8.78 Å². The second-order valence-corrected chi connectivity index (χ2v) is 13.0. The van der Waals surface area contributed by atoms with E-state index in [9.17, 15) is 17.6 Å². The van der Waals surface area contributed by atoms with Gasteiger partial charge < -0.3 is 10.2 Å². The number of rotatable bonds is 10. The van der Waals surface area contributed by atoms with E-state index in [0.717, 1.165) is 17.9 Å². The van der Waals surface area contributed by atoms with Crippen molar-refractivity contribution in [2.45, 2.75) is 38.5 Å². The van der Waals surface area contributed by atoms with Crippen LogP contribution in [0.1, 0.15) is 31.7 Å². The van der Waals surface area contributed by atoms with Crippen LogP contribution in [0.25, 0.3) is 11.4 Å². The molecule has 2 aromatic heterocycles. The minimum Gasteiger partial charge on any atom is -0.378 e. The van der Waals surface area contributed by atoms with Gasteiger partial charge in [0.25, 0.3) is 0 Å². The first-order valence-electron chi connectivity index (χ1n) is 13.9. The van der Waals surface area contributed by atoms with Gasteiger partial charge in [0.05, 0.1) is 36.2 Å². The highest BCUT2D eigenvalue weighted by atomic mass is 32.2. The fraction of sp³-hybridized carbons (Fsp3) is 0.312. The molecule has 2 aliphatic rings. The lowest BCUT2D eigenvalue weighted by Gasteiger charge is -2.26. The Kier molecular flexibility index (Phi) is 9.93. The van der Waals surface area contributed by atoms with Gasteiger partial charge in [0, 0.05) is 43.1 Å². The molecule has 0 saturated heterocycles. The number of nitrogens with one attached hydrogen (secondary N) is 1. The van der Waals surface area contributed by atoms with Gasteiger partial charge >= 0.3 is 0 Å². The third-order valence-corrected chi connectivity index (χ3v) is 8.75. The molecular formula is C32H36F2N6O3S. The molecule has 0 aromatic carbocycles. The average Bonchev–Trinajstić information content (AvgIpc) is 3.35. The fourth-order valence-corrected chi connectivity index (χ4v) is 6.03. The SMILES string of the molecule is C=CC(/C(=C\C=C(/C)F)N[C@H](CF)C1=C2C=C(c3cnn(-c4cnc(C)nc4)c3)N(C)C(=O)CC2C=CC(C)=C1)S(C)(=O)=O. The number of hydrogen-bond acceptors (Lipinski definition) is 7. The van der Waals surface area contributed by atoms with Crippen LogP contribution in [-0.2, 0) is 14.6 Å². The minimum absolute atomic E-state index is 0.0719. The predicted molar refractivity (Wildman–Crippen MR) is 167 cm³/mol. The van der Waals surface area contributed by atoms with E-state index in [0.29, 0.717) is 33.9 Å². The van der Waals surface area contributed by atoms with Gasteiger partial charge in [-0.2, -0.15) is 5.10 Å². The maximum absolute atomic E-state index is 15.0. The molecule has 9 nitrogen and oxygen atoms in total. The van der Waals surface area contributed by atoms with Crippen LogP contribution in [0.5, 0.6) is 0 Å². The topological polar surface area (TPSA) is 110 Å². The standard InChI is InChI=1S/C32H36F2N6O3S/c1-7-31(44(6,42)43)28(11-9-21(3)34)38-29(15-33)27-12-20(2)8-10-23-13-32(41)39(5)30(14-26(23)27)24-16-37-40(19-24)25-17-35-22(4)36-18-25/h7-12,14,16-19,23,29,31,38H,1,13,15H2,2-6H3/b21-9+,28-11+/t23?,29-,31?/m1/s1. The first-order valence-corrected chi connectivity index (χ1v) is 15.9. The molecule has 0 radical (unpaired) electrons. The van der Waals surface area contributed by atoms with E-state index >= 15 is 4.39 Å². The molecule has 3 atom stereocenters. The van der Waals surface area contributed by atoms with E-state index in [1.54, 1.807) is 48.3 Å². The number of allylic oxidation sites excluding steroid dienone is 8. The number of halogens is 2. The summed E-state index contributed by atoms with van der Waals surface area (Å²) in [5.74, 6) is -0.476. The minimum atomic E-state index is -3.72. The molecule has 1 aliphatic carbocycles. The van der Waals surface area contributed by atoms with Crippen molar-refractivity contribution < 1.29 is 22.0 Å². The molecule has 1 aliphatic heterocycles. The maximum Gasteiger partial charge on any atom is 0.227 e. The van der Waals surface area contributed by atoms with Crippen LogP contribution in [-0.4, -0.2) is 70.2 Å². The second-order valence-electron chi connectivity index (χ2n) is 10.8. The number of amides is 1. The molecule has 0 bridgehead atoms. The molecule has 12 heteroatoms. The normalized spacial score (nSPS) is 19.5. The number of alkyl halides is 1. The average molecular weight is 623 g/mol. The number of carbonyl (C=O) groups excluding carboxylic acids is 1. The van der Waals surface area contributed by atoms with E-state index in [1.165, 1.54) is 19.1 Å². The Hall–Kier alpha value is -4.45. The number of carbonyl (C=O) groups is 1. The Morgan fingerprint density at radius 3 is 2.52 bits per heavy atom. The zero-order valence-corrected chi connectivity index (χ0v) is 26.1. The maximum atomic E-state index is 15.0. The largest absolute Gasteiger partial charge is 0.378 e. The van der Waals surface area contributed by atoms with Crippen LogP contribution in [0.3, 0.4) is 0 Å². The summed E-state index contributed by atoms with van der Waals surface area (Å²) in [4.78, 5) is 23.4. The molecule has 4 rings (SSSR count). The predicted octanol–water partition coefficient (Wildman–Crippen LogP) is 4.89. The lowest BCUT2D eigenvalue weighted by Crippen LogP contribution is -2.38. The van der Waals surface area contributed by atoms with E-state index < -0.39 is 39.5 Å². The zero-order chi connectivity index (χ0) is 32.2. The second kappa shape index (κ2) is 13.5. The van der Waals surface area contributed by atoms with Crippen molar-refractivity contribution in [2.24, 2.45) is 5.92 Å². The molecule has 232 valence electrons. The highest BCUT2D eigenvalue weighted by Gasteiger charge is 2.32. The summed E-state index contributed by atoms with van der Waals surface area (Å²) in [5, 5.41) is 6.25. The number of nitrogens with zero attached hydrogens (tertiary/aromatic N) is 5. The number of aromatic nitrogens is 4. The molecule has 44 heavy (non-hydrogen) atoms. The molecule has 1 amide bonds. The summed E-state index contributed by atoms with van der Waals surface area (Å²) in [5.41, 5.74) is 3.93. The van der Waals surface area contributed by atoms with Gasteiger partial charge in [0.2, 0.25) is 5.91 Å². The van der Waals surface area contributed by atoms with E-state index in [2.05, 4.69) is 27.0 Å². The van der Waals surface area contributed by atoms with E-state index in [1.807, 2.05) is 31.2 Å². The van der Waals surface area contributed by atoms with Crippen LogP contribution in [0.2, 0.25) is 0 Å². The number of aryl methyl sites for hydroxylation is 1. The quantitative estimate of drug-likeness (QED) is 0.297. The van der Waals surface area contributed by atoms with Gasteiger partial charge in [-0.3, -0.25) is 4.79 Å². The highest BCUT2D eigenvalue weighted by molar-refractivity contribution is 7.91. The molecule has 2 aromatic rings. The van der Waals surface area contributed by atoms with Crippen LogP contribution >= 0.6 is 0 Å². The van der Waals surface area contributed by atoms with Crippen molar-refractivity contribution in [1.82, 2.24) is 30.0 Å². The Morgan fingerprint density at radius 2 is 1.91 bits per heavy atom. The van der Waals surface area contributed by atoms with Crippen LogP contribution < -0.4 is 5.32 Å². The Bertz CT molecular complexity index is 1730. The lowest BCUT2D eigenvalue weighted by molar-refractivity contribution is -0.127. The Balaban J connectivity index is 1.88. The van der Waals surface area contributed by atoms with Gasteiger partial charge in [-0.1, -0.05) is 29.9 Å². The van der Waals surface area contributed by atoms with E-state index in [-0.39, 0.29) is 18.0 Å². The molecule has 0 saturated carbocycles. The van der Waals surface area contributed by atoms with Crippen LogP contribution in [0.15, 0.2) is 102 Å². The van der Waals surface area contributed by atoms with Crippen molar-refractivity contribution in [1.29, 1.82) is 0 Å². The number of fused-ring (bicyclic) bond motifs is 1. The molecule has 0 fully saturated rings. The molecule has 2 unspecified atom stereocenters. The first-order chi connectivity index (χ1) is 20.8. The van der Waals surface area contributed by atoms with Gasteiger partial charge in [-0.05, 0) is 50.1 Å². The van der Waals surface area contributed by atoms with Crippen molar-refractivity contribution in [3.05, 3.63) is 114 Å². The molecule has 1 N–H and O–H groups in total. The van der Waals surface area contributed by atoms with Gasteiger partial charge in [-0.15, -0.1) is 6.58 Å². The smallest absolute Gasteiger partial charge is 0.227 e. The van der Waals surface area contributed by atoms with Crippen LogP contribution in [0, 0.1) is 12.8 Å². The third-order valence-electron chi connectivity index (χ3n) is 7.38. The first kappa shape index (κ1) is 32.5. The van der Waals surface area contributed by atoms with Crippen molar-refractivity contribution in [3.63, 3.8) is 0 Å². The van der Waals surface area contributed by atoms with Crippen molar-refractivity contribution in [3.8, 4) is 5.69 Å². The summed E-state index contributed by atoms with van der Waals surface area (Å²) in [6, 6.07) is -1.03. The Morgan fingerprint density at radius 1 is 1.20 bits per heavy atom. The summed E-state index contributed by atoms with van der Waals surface area (Å²) in [7, 11) is -2.05.